The minimum Gasteiger partial charge on any atom is -0.497 e. The van der Waals surface area contributed by atoms with Gasteiger partial charge >= 0.3 is 0 Å². The molecule has 1 aliphatic heterocycles. The molecular formula is C19H16F3NO2. The molecule has 3 rings (SSSR count). The van der Waals surface area contributed by atoms with E-state index in [0.29, 0.717) is 23.3 Å². The van der Waals surface area contributed by atoms with Gasteiger partial charge in [0.05, 0.1) is 12.8 Å². The topological polar surface area (TPSA) is 29.5 Å². The molecule has 25 heavy (non-hydrogen) atoms. The fourth-order valence-corrected chi connectivity index (χ4v) is 2.94. The second-order valence-electron chi connectivity index (χ2n) is 5.65. The highest BCUT2D eigenvalue weighted by molar-refractivity contribution is 6.30. The number of benzene rings is 2. The van der Waals surface area contributed by atoms with Crippen LogP contribution in [0.2, 0.25) is 0 Å². The average molecular weight is 347 g/mol. The Balaban J connectivity index is 2.04. The van der Waals surface area contributed by atoms with Crippen molar-refractivity contribution in [2.24, 2.45) is 0 Å². The third kappa shape index (κ3) is 2.88. The van der Waals surface area contributed by atoms with Crippen LogP contribution in [0.25, 0.3) is 5.57 Å². The molecule has 0 N–H and O–H groups in total. The molecule has 1 amide bonds. The Labute approximate surface area is 143 Å². The van der Waals surface area contributed by atoms with Gasteiger partial charge in [0.25, 0.3) is 5.91 Å². The van der Waals surface area contributed by atoms with Gasteiger partial charge in [0.15, 0.2) is 17.5 Å². The van der Waals surface area contributed by atoms with E-state index in [1.165, 1.54) is 7.11 Å². The molecule has 3 nitrogen and oxygen atoms in total. The molecule has 0 atom stereocenters. The zero-order chi connectivity index (χ0) is 18.1. The van der Waals surface area contributed by atoms with Crippen LogP contribution in [0.3, 0.4) is 0 Å². The summed E-state index contributed by atoms with van der Waals surface area (Å²) in [5.41, 5.74) is 1.60. The highest BCUT2D eigenvalue weighted by Gasteiger charge is 2.33. The normalized spacial score (nSPS) is 14.4. The predicted octanol–water partition coefficient (Wildman–Crippen LogP) is 4.32. The predicted molar refractivity (Wildman–Crippen MR) is 88.9 cm³/mol. The van der Waals surface area contributed by atoms with Gasteiger partial charge in [0.1, 0.15) is 5.75 Å². The van der Waals surface area contributed by atoms with Crippen molar-refractivity contribution in [3.05, 3.63) is 65.0 Å². The first-order chi connectivity index (χ1) is 12.0. The second-order valence-corrected chi connectivity index (χ2v) is 5.65. The number of ether oxygens (including phenoxy) is 1. The molecular weight excluding hydrogens is 331 g/mol. The number of rotatable bonds is 4. The number of anilines is 1. The lowest BCUT2D eigenvalue weighted by atomic mass is 10.0. The van der Waals surface area contributed by atoms with Gasteiger partial charge in [0.2, 0.25) is 0 Å². The largest absolute Gasteiger partial charge is 0.497 e. The first-order valence-corrected chi connectivity index (χ1v) is 7.79. The first-order valence-electron chi connectivity index (χ1n) is 7.79. The summed E-state index contributed by atoms with van der Waals surface area (Å²) < 4.78 is 46.0. The molecule has 0 fully saturated rings. The fourth-order valence-electron chi connectivity index (χ4n) is 2.94. The van der Waals surface area contributed by atoms with Gasteiger partial charge in [-0.2, -0.15) is 0 Å². The summed E-state index contributed by atoms with van der Waals surface area (Å²) in [6, 6.07) is 8.87. The van der Waals surface area contributed by atoms with Crippen molar-refractivity contribution in [2.75, 3.05) is 18.6 Å². The van der Waals surface area contributed by atoms with Crippen molar-refractivity contribution < 1.29 is 22.7 Å². The van der Waals surface area contributed by atoms with Gasteiger partial charge < -0.3 is 9.64 Å². The van der Waals surface area contributed by atoms with Crippen molar-refractivity contribution in [3.8, 4) is 5.75 Å². The lowest BCUT2D eigenvalue weighted by Crippen LogP contribution is -2.28. The number of amides is 1. The highest BCUT2D eigenvalue weighted by atomic mass is 19.2. The van der Waals surface area contributed by atoms with Gasteiger partial charge in [0, 0.05) is 12.1 Å². The molecule has 2 aromatic carbocycles. The Hall–Kier alpha value is -2.76. The van der Waals surface area contributed by atoms with E-state index in [4.69, 9.17) is 4.74 Å². The van der Waals surface area contributed by atoms with Crippen LogP contribution >= 0.6 is 0 Å². The van der Waals surface area contributed by atoms with Crippen LogP contribution in [0.4, 0.5) is 18.9 Å². The third-order valence-electron chi connectivity index (χ3n) is 4.25. The summed E-state index contributed by atoms with van der Waals surface area (Å²) in [7, 11) is 1.52. The maximum Gasteiger partial charge on any atom is 0.259 e. The first kappa shape index (κ1) is 17.1. The van der Waals surface area contributed by atoms with Gasteiger partial charge in [-0.3, -0.25) is 4.79 Å². The molecule has 0 saturated heterocycles. The summed E-state index contributed by atoms with van der Waals surface area (Å²) in [5, 5.41) is 0. The van der Waals surface area contributed by atoms with E-state index < -0.39 is 23.4 Å². The standard InChI is InChI=1S/C19H16F3NO2/c1-3-11-10-23(15-8-7-14(20)17(21)18(15)22)19(24)16(11)12-5-4-6-13(9-12)25-2/h4-9H,3,10H2,1-2H3. The Kier molecular flexibility index (Phi) is 4.53. The van der Waals surface area contributed by atoms with Crippen LogP contribution in [0.5, 0.6) is 5.75 Å². The molecule has 0 saturated carbocycles. The SMILES string of the molecule is CCC1=C(c2cccc(OC)c2)C(=O)N(c2ccc(F)c(F)c2F)C1. The van der Waals surface area contributed by atoms with Crippen LogP contribution in [0.1, 0.15) is 18.9 Å². The van der Waals surface area contributed by atoms with E-state index in [2.05, 4.69) is 0 Å². The van der Waals surface area contributed by atoms with Crippen LogP contribution in [0, 0.1) is 17.5 Å². The van der Waals surface area contributed by atoms with Crippen molar-refractivity contribution in [1.29, 1.82) is 0 Å². The molecule has 0 aliphatic carbocycles. The lowest BCUT2D eigenvalue weighted by Gasteiger charge is -2.18. The zero-order valence-corrected chi connectivity index (χ0v) is 13.8. The van der Waals surface area contributed by atoms with E-state index >= 15 is 0 Å². The van der Waals surface area contributed by atoms with Crippen molar-refractivity contribution in [1.82, 2.24) is 0 Å². The Morgan fingerprint density at radius 2 is 1.88 bits per heavy atom. The van der Waals surface area contributed by atoms with Crippen molar-refractivity contribution in [3.63, 3.8) is 0 Å². The zero-order valence-electron chi connectivity index (χ0n) is 13.8. The molecule has 1 heterocycles. The molecule has 1 aliphatic rings. The van der Waals surface area contributed by atoms with E-state index in [1.807, 2.05) is 6.92 Å². The quantitative estimate of drug-likeness (QED) is 0.771. The summed E-state index contributed by atoms with van der Waals surface area (Å²) in [6.45, 7) is 2.01. The maximum atomic E-state index is 14.1. The Bertz CT molecular complexity index is 877. The average Bonchev–Trinajstić information content (AvgIpc) is 2.96. The second kappa shape index (κ2) is 6.63. The number of halogens is 3. The summed E-state index contributed by atoms with van der Waals surface area (Å²) in [5.74, 6) is -4.10. The number of carbonyl (C=O) groups is 1. The molecule has 0 radical (unpaired) electrons. The van der Waals surface area contributed by atoms with Crippen molar-refractivity contribution >= 4 is 17.2 Å². The van der Waals surface area contributed by atoms with Gasteiger partial charge in [-0.05, 0) is 41.8 Å². The molecule has 6 heteroatoms. The number of hydrogen-bond donors (Lipinski definition) is 0. The lowest BCUT2D eigenvalue weighted by molar-refractivity contribution is -0.112. The Morgan fingerprint density at radius 1 is 1.12 bits per heavy atom. The summed E-state index contributed by atoms with van der Waals surface area (Å²) >= 11 is 0. The number of nitrogens with zero attached hydrogens (tertiary/aromatic N) is 1. The Morgan fingerprint density at radius 3 is 2.56 bits per heavy atom. The van der Waals surface area contributed by atoms with E-state index in [0.717, 1.165) is 22.6 Å². The monoisotopic (exact) mass is 347 g/mol. The molecule has 0 aromatic heterocycles. The summed E-state index contributed by atoms with van der Waals surface area (Å²) in [6.07, 6.45) is 0.570. The molecule has 130 valence electrons. The van der Waals surface area contributed by atoms with Crippen LogP contribution in [-0.4, -0.2) is 19.6 Å². The van der Waals surface area contributed by atoms with Gasteiger partial charge in [-0.1, -0.05) is 19.1 Å². The number of hydrogen-bond acceptors (Lipinski definition) is 2. The van der Waals surface area contributed by atoms with Crippen LogP contribution in [-0.2, 0) is 4.79 Å². The van der Waals surface area contributed by atoms with Gasteiger partial charge in [-0.15, -0.1) is 0 Å². The molecule has 0 spiro atoms. The smallest absolute Gasteiger partial charge is 0.259 e. The number of carbonyl (C=O) groups excluding carboxylic acids is 1. The molecule has 0 bridgehead atoms. The minimum atomic E-state index is -1.59. The van der Waals surface area contributed by atoms with E-state index in [9.17, 15) is 18.0 Å². The third-order valence-corrected chi connectivity index (χ3v) is 4.25. The van der Waals surface area contributed by atoms with E-state index in [-0.39, 0.29) is 12.2 Å². The van der Waals surface area contributed by atoms with Gasteiger partial charge in [-0.25, -0.2) is 13.2 Å². The maximum absolute atomic E-state index is 14.1. The number of methoxy groups -OCH3 is 1. The van der Waals surface area contributed by atoms with Crippen LogP contribution < -0.4 is 9.64 Å². The molecule has 0 unspecified atom stereocenters. The highest BCUT2D eigenvalue weighted by Crippen LogP contribution is 2.36. The van der Waals surface area contributed by atoms with E-state index in [1.54, 1.807) is 24.3 Å². The van der Waals surface area contributed by atoms with Crippen LogP contribution in [0.15, 0.2) is 42.0 Å². The van der Waals surface area contributed by atoms with Crippen molar-refractivity contribution in [2.45, 2.75) is 13.3 Å². The fraction of sp³-hybridized carbons (Fsp3) is 0.211. The molecule has 2 aromatic rings. The minimum absolute atomic E-state index is 0.129. The summed E-state index contributed by atoms with van der Waals surface area (Å²) in [4.78, 5) is 14.0.